The van der Waals surface area contributed by atoms with Crippen LogP contribution in [0.4, 0.5) is 21.3 Å². The molecule has 0 aliphatic rings. The van der Waals surface area contributed by atoms with E-state index in [4.69, 9.17) is 0 Å². The average Bonchev–Trinajstić information content (AvgIpc) is 3.21. The van der Waals surface area contributed by atoms with Crippen molar-refractivity contribution in [1.29, 1.82) is 0 Å². The van der Waals surface area contributed by atoms with Gasteiger partial charge in [0, 0.05) is 16.9 Å². The summed E-state index contributed by atoms with van der Waals surface area (Å²) < 4.78 is 5.46. The number of amides is 3. The van der Waals surface area contributed by atoms with Gasteiger partial charge in [-0.1, -0.05) is 29.5 Å². The molecule has 3 N–H and O–H groups in total. The van der Waals surface area contributed by atoms with Gasteiger partial charge in [0.25, 0.3) is 5.91 Å². The Morgan fingerprint density at radius 2 is 1.50 bits per heavy atom. The molecule has 32 heavy (non-hydrogen) atoms. The second-order valence-electron chi connectivity index (χ2n) is 6.67. The van der Waals surface area contributed by atoms with E-state index in [-0.39, 0.29) is 5.91 Å². The minimum atomic E-state index is -0.446. The van der Waals surface area contributed by atoms with E-state index in [9.17, 15) is 14.4 Å². The van der Waals surface area contributed by atoms with Gasteiger partial charge in [0.1, 0.15) is 0 Å². The van der Waals surface area contributed by atoms with E-state index in [0.717, 1.165) is 4.70 Å². The van der Waals surface area contributed by atoms with Crippen molar-refractivity contribution < 1.29 is 19.1 Å². The molecule has 160 valence electrons. The molecule has 0 saturated heterocycles. The lowest BCUT2D eigenvalue weighted by Gasteiger charge is -2.08. The molecule has 0 unspecified atom stereocenters. The maximum atomic E-state index is 12.3. The summed E-state index contributed by atoms with van der Waals surface area (Å²) in [5.41, 5.74) is 2.75. The largest absolute Gasteiger partial charge is 0.465 e. The van der Waals surface area contributed by atoms with Crippen LogP contribution in [0.1, 0.15) is 20.7 Å². The Labute approximate surface area is 187 Å². The van der Waals surface area contributed by atoms with Gasteiger partial charge in [0.05, 0.1) is 22.9 Å². The van der Waals surface area contributed by atoms with Crippen molar-refractivity contribution in [3.8, 4) is 0 Å². The quantitative estimate of drug-likeness (QED) is 0.375. The minimum Gasteiger partial charge on any atom is -0.465 e. The average molecular weight is 446 g/mol. The minimum absolute atomic E-state index is 0.236. The van der Waals surface area contributed by atoms with E-state index in [1.807, 2.05) is 6.07 Å². The highest BCUT2D eigenvalue weighted by molar-refractivity contribution is 7.22. The Hall–Kier alpha value is -4.24. The van der Waals surface area contributed by atoms with Crippen molar-refractivity contribution in [2.24, 2.45) is 0 Å². The molecule has 0 saturated carbocycles. The van der Waals surface area contributed by atoms with E-state index in [2.05, 4.69) is 25.7 Å². The Morgan fingerprint density at radius 1 is 0.812 bits per heavy atom. The van der Waals surface area contributed by atoms with E-state index in [1.54, 1.807) is 66.7 Å². The van der Waals surface area contributed by atoms with Crippen LogP contribution in [0.2, 0.25) is 0 Å². The summed E-state index contributed by atoms with van der Waals surface area (Å²) in [6.07, 6.45) is 0. The molecular formula is C23H18N4O4S. The fraction of sp³-hybridized carbons (Fsp3) is 0.0435. The molecule has 0 spiro atoms. The van der Waals surface area contributed by atoms with E-state index < -0.39 is 12.0 Å². The fourth-order valence-corrected chi connectivity index (χ4v) is 3.82. The molecule has 3 aromatic carbocycles. The third-order valence-corrected chi connectivity index (χ3v) is 5.40. The number of benzene rings is 3. The number of anilines is 3. The van der Waals surface area contributed by atoms with Crippen LogP contribution >= 0.6 is 11.3 Å². The van der Waals surface area contributed by atoms with Crippen molar-refractivity contribution in [1.82, 2.24) is 4.98 Å². The second-order valence-corrected chi connectivity index (χ2v) is 7.70. The van der Waals surface area contributed by atoms with Crippen LogP contribution in [-0.4, -0.2) is 30.0 Å². The third kappa shape index (κ3) is 4.90. The molecular weight excluding hydrogens is 428 g/mol. The van der Waals surface area contributed by atoms with Crippen LogP contribution < -0.4 is 16.0 Å². The topological polar surface area (TPSA) is 109 Å². The number of fused-ring (bicyclic) bond motifs is 1. The van der Waals surface area contributed by atoms with Crippen molar-refractivity contribution in [3.63, 3.8) is 0 Å². The monoisotopic (exact) mass is 446 g/mol. The van der Waals surface area contributed by atoms with Crippen molar-refractivity contribution in [2.45, 2.75) is 0 Å². The van der Waals surface area contributed by atoms with E-state index in [1.165, 1.54) is 18.4 Å². The number of hydrogen-bond acceptors (Lipinski definition) is 6. The van der Waals surface area contributed by atoms with Gasteiger partial charge >= 0.3 is 12.0 Å². The molecule has 0 aliphatic heterocycles. The number of rotatable bonds is 5. The zero-order valence-electron chi connectivity index (χ0n) is 16.9. The Kier molecular flexibility index (Phi) is 6.09. The number of esters is 1. The molecule has 0 atom stereocenters. The predicted octanol–water partition coefficient (Wildman–Crippen LogP) is 4.98. The molecule has 1 aromatic heterocycles. The molecule has 1 heterocycles. The summed E-state index contributed by atoms with van der Waals surface area (Å²) in [5.74, 6) is -0.682. The van der Waals surface area contributed by atoms with Crippen LogP contribution in [0, 0.1) is 0 Å². The molecule has 0 aliphatic carbocycles. The maximum absolute atomic E-state index is 12.3. The van der Waals surface area contributed by atoms with E-state index >= 15 is 0 Å². The first-order chi connectivity index (χ1) is 15.5. The van der Waals surface area contributed by atoms with Gasteiger partial charge in [-0.2, -0.15) is 0 Å². The highest BCUT2D eigenvalue weighted by atomic mass is 32.1. The first-order valence-electron chi connectivity index (χ1n) is 9.55. The lowest BCUT2D eigenvalue weighted by Crippen LogP contribution is -2.19. The van der Waals surface area contributed by atoms with Crippen molar-refractivity contribution >= 4 is 56.0 Å². The SMILES string of the molecule is COC(=O)c1ccc(NC(=O)Nc2ccc3nc(NC(=O)c4ccccc4)sc3c2)cc1. The normalized spacial score (nSPS) is 10.4. The van der Waals surface area contributed by atoms with Gasteiger partial charge in [0.15, 0.2) is 5.13 Å². The number of nitrogens with zero attached hydrogens (tertiary/aromatic N) is 1. The first-order valence-corrected chi connectivity index (χ1v) is 10.4. The summed E-state index contributed by atoms with van der Waals surface area (Å²) >= 11 is 1.31. The first kappa shape index (κ1) is 21.0. The molecule has 4 aromatic rings. The highest BCUT2D eigenvalue weighted by Crippen LogP contribution is 2.29. The lowest BCUT2D eigenvalue weighted by molar-refractivity contribution is 0.0600. The summed E-state index contributed by atoms with van der Waals surface area (Å²) in [6.45, 7) is 0. The van der Waals surface area contributed by atoms with Crippen LogP contribution in [0.3, 0.4) is 0 Å². The Morgan fingerprint density at radius 3 is 2.22 bits per heavy atom. The summed E-state index contributed by atoms with van der Waals surface area (Å²) in [4.78, 5) is 40.5. The molecule has 9 heteroatoms. The smallest absolute Gasteiger partial charge is 0.337 e. The maximum Gasteiger partial charge on any atom is 0.337 e. The lowest BCUT2D eigenvalue weighted by atomic mass is 10.2. The third-order valence-electron chi connectivity index (χ3n) is 4.47. The summed E-state index contributed by atoms with van der Waals surface area (Å²) in [5, 5.41) is 8.72. The van der Waals surface area contributed by atoms with Crippen LogP contribution in [-0.2, 0) is 4.74 Å². The highest BCUT2D eigenvalue weighted by Gasteiger charge is 2.11. The summed E-state index contributed by atoms with van der Waals surface area (Å²) in [6, 6.07) is 20.1. The fourth-order valence-electron chi connectivity index (χ4n) is 2.92. The molecule has 0 bridgehead atoms. The zero-order valence-corrected chi connectivity index (χ0v) is 17.7. The van der Waals surface area contributed by atoms with Crippen LogP contribution in [0.5, 0.6) is 0 Å². The number of thiazole rings is 1. The van der Waals surface area contributed by atoms with Crippen molar-refractivity contribution in [3.05, 3.63) is 83.9 Å². The van der Waals surface area contributed by atoms with Crippen LogP contribution in [0.25, 0.3) is 10.2 Å². The molecule has 4 rings (SSSR count). The number of ether oxygens (including phenoxy) is 1. The van der Waals surface area contributed by atoms with Gasteiger partial charge in [-0.3, -0.25) is 10.1 Å². The standard InChI is InChI=1S/C23H18N4O4S/c1-31-21(29)15-7-9-16(10-8-15)24-22(30)25-17-11-12-18-19(13-17)32-23(26-18)27-20(28)14-5-3-2-4-6-14/h2-13H,1H3,(H2,24,25,30)(H,26,27,28). The Bertz CT molecular complexity index is 1290. The molecule has 0 radical (unpaired) electrons. The Balaban J connectivity index is 1.40. The number of nitrogens with one attached hydrogen (secondary N) is 3. The van der Waals surface area contributed by atoms with Crippen molar-refractivity contribution in [2.75, 3.05) is 23.1 Å². The number of urea groups is 1. The van der Waals surface area contributed by atoms with Crippen LogP contribution in [0.15, 0.2) is 72.8 Å². The van der Waals surface area contributed by atoms with E-state index in [0.29, 0.717) is 33.1 Å². The van der Waals surface area contributed by atoms with Gasteiger partial charge < -0.3 is 15.4 Å². The van der Waals surface area contributed by atoms with Gasteiger partial charge in [-0.25, -0.2) is 14.6 Å². The predicted molar refractivity (Wildman–Crippen MR) is 124 cm³/mol. The molecule has 3 amide bonds. The summed E-state index contributed by atoms with van der Waals surface area (Å²) in [7, 11) is 1.31. The number of aromatic nitrogens is 1. The number of carbonyl (C=O) groups is 3. The number of carbonyl (C=O) groups excluding carboxylic acids is 3. The van der Waals surface area contributed by atoms with Gasteiger partial charge in [-0.05, 0) is 54.6 Å². The zero-order chi connectivity index (χ0) is 22.5. The number of methoxy groups -OCH3 is 1. The molecule has 0 fully saturated rings. The van der Waals surface area contributed by atoms with Gasteiger partial charge in [0.2, 0.25) is 0 Å². The number of hydrogen-bond donors (Lipinski definition) is 3. The molecule has 8 nitrogen and oxygen atoms in total. The second kappa shape index (κ2) is 9.27. The van der Waals surface area contributed by atoms with Gasteiger partial charge in [-0.15, -0.1) is 0 Å².